The average Bonchev–Trinajstić information content (AvgIpc) is 3.06. The standard InChI is InChI=1S/C13H19N3O4S/c1-11-12(4-7-20-11)9-15(2)21(18,19)13-8-14-16(10-13)5-3-6-17/h4,7-8,10,17H,3,5-6,9H2,1-2H3. The summed E-state index contributed by atoms with van der Waals surface area (Å²) in [6, 6.07) is 1.76. The smallest absolute Gasteiger partial charge is 0.246 e. The van der Waals surface area contributed by atoms with Crippen LogP contribution in [0.3, 0.4) is 0 Å². The van der Waals surface area contributed by atoms with Gasteiger partial charge in [-0.2, -0.15) is 9.40 Å². The molecule has 0 bridgehead atoms. The van der Waals surface area contributed by atoms with Gasteiger partial charge in [0.25, 0.3) is 0 Å². The van der Waals surface area contributed by atoms with Crippen LogP contribution in [0.2, 0.25) is 0 Å². The lowest BCUT2D eigenvalue weighted by molar-refractivity contribution is 0.277. The van der Waals surface area contributed by atoms with E-state index < -0.39 is 10.0 Å². The van der Waals surface area contributed by atoms with Gasteiger partial charge in [0.1, 0.15) is 10.7 Å². The summed E-state index contributed by atoms with van der Waals surface area (Å²) in [5, 5.41) is 12.8. The number of sulfonamides is 1. The number of rotatable bonds is 7. The van der Waals surface area contributed by atoms with Gasteiger partial charge in [0.2, 0.25) is 10.0 Å². The highest BCUT2D eigenvalue weighted by atomic mass is 32.2. The molecule has 0 saturated heterocycles. The molecule has 2 heterocycles. The molecule has 2 rings (SSSR count). The second-order valence-electron chi connectivity index (χ2n) is 4.78. The molecule has 0 aliphatic carbocycles. The van der Waals surface area contributed by atoms with Crippen LogP contribution in [0.15, 0.2) is 34.0 Å². The summed E-state index contributed by atoms with van der Waals surface area (Å²) in [5.74, 6) is 0.704. The molecule has 0 amide bonds. The normalized spacial score (nSPS) is 12.2. The van der Waals surface area contributed by atoms with Gasteiger partial charge in [-0.3, -0.25) is 4.68 Å². The average molecular weight is 313 g/mol. The lowest BCUT2D eigenvalue weighted by Crippen LogP contribution is -2.26. The summed E-state index contributed by atoms with van der Waals surface area (Å²) >= 11 is 0. The van der Waals surface area contributed by atoms with E-state index in [0.29, 0.717) is 18.7 Å². The molecule has 0 aliphatic rings. The molecule has 1 N–H and O–H groups in total. The van der Waals surface area contributed by atoms with Crippen LogP contribution in [0.1, 0.15) is 17.7 Å². The van der Waals surface area contributed by atoms with Crippen LogP contribution in [0.25, 0.3) is 0 Å². The molecule has 8 heteroatoms. The van der Waals surface area contributed by atoms with Crippen molar-refractivity contribution in [3.63, 3.8) is 0 Å². The molecule has 2 aromatic rings. The molecule has 0 spiro atoms. The molecule has 0 saturated carbocycles. The Hall–Kier alpha value is -1.64. The van der Waals surface area contributed by atoms with Crippen molar-refractivity contribution < 1.29 is 17.9 Å². The van der Waals surface area contributed by atoms with Gasteiger partial charge in [0.05, 0.1) is 12.5 Å². The Bertz CT molecular complexity index is 690. The van der Waals surface area contributed by atoms with E-state index in [2.05, 4.69) is 5.10 Å². The Kier molecular flexibility index (Phi) is 4.81. The number of aliphatic hydroxyl groups excluding tert-OH is 1. The van der Waals surface area contributed by atoms with E-state index >= 15 is 0 Å². The molecule has 21 heavy (non-hydrogen) atoms. The first kappa shape index (κ1) is 15.7. The van der Waals surface area contributed by atoms with E-state index in [1.54, 1.807) is 13.0 Å². The molecular weight excluding hydrogens is 294 g/mol. The molecule has 116 valence electrons. The van der Waals surface area contributed by atoms with E-state index in [1.165, 1.54) is 34.7 Å². The second kappa shape index (κ2) is 6.42. The molecule has 0 fully saturated rings. The highest BCUT2D eigenvalue weighted by Gasteiger charge is 2.23. The highest BCUT2D eigenvalue weighted by molar-refractivity contribution is 7.89. The van der Waals surface area contributed by atoms with Crippen molar-refractivity contribution in [3.8, 4) is 0 Å². The summed E-state index contributed by atoms with van der Waals surface area (Å²) in [4.78, 5) is 0.143. The third-order valence-corrected chi connectivity index (χ3v) is 4.98. The van der Waals surface area contributed by atoms with Crippen molar-refractivity contribution in [2.24, 2.45) is 0 Å². The van der Waals surface area contributed by atoms with Crippen LogP contribution in [0, 0.1) is 6.92 Å². The van der Waals surface area contributed by atoms with Gasteiger partial charge in [-0.15, -0.1) is 0 Å². The highest BCUT2D eigenvalue weighted by Crippen LogP contribution is 2.18. The first-order valence-electron chi connectivity index (χ1n) is 6.58. The molecule has 0 atom stereocenters. The fourth-order valence-electron chi connectivity index (χ4n) is 1.91. The zero-order valence-corrected chi connectivity index (χ0v) is 12.9. The largest absolute Gasteiger partial charge is 0.469 e. The van der Waals surface area contributed by atoms with Crippen LogP contribution in [-0.2, 0) is 23.1 Å². The third-order valence-electron chi connectivity index (χ3n) is 3.22. The van der Waals surface area contributed by atoms with Crippen LogP contribution in [0.5, 0.6) is 0 Å². The third kappa shape index (κ3) is 3.52. The zero-order chi connectivity index (χ0) is 15.5. The second-order valence-corrected chi connectivity index (χ2v) is 6.82. The Balaban J connectivity index is 2.13. The van der Waals surface area contributed by atoms with Crippen LogP contribution < -0.4 is 0 Å². The summed E-state index contributed by atoms with van der Waals surface area (Å²) in [6.07, 6.45) is 4.87. The predicted octanol–water partition coefficient (Wildman–Crippen LogP) is 0.988. The Morgan fingerprint density at radius 1 is 1.48 bits per heavy atom. The monoisotopic (exact) mass is 313 g/mol. The Morgan fingerprint density at radius 3 is 2.86 bits per heavy atom. The molecule has 0 radical (unpaired) electrons. The zero-order valence-electron chi connectivity index (χ0n) is 12.1. The molecule has 2 aromatic heterocycles. The SMILES string of the molecule is Cc1occc1CN(C)S(=O)(=O)c1cnn(CCCO)c1. The maximum absolute atomic E-state index is 12.4. The number of aliphatic hydroxyl groups is 1. The summed E-state index contributed by atoms with van der Waals surface area (Å²) in [7, 11) is -2.07. The quantitative estimate of drug-likeness (QED) is 0.823. The summed E-state index contributed by atoms with van der Waals surface area (Å²) < 4.78 is 32.8. The van der Waals surface area contributed by atoms with Crippen LogP contribution in [0.4, 0.5) is 0 Å². The van der Waals surface area contributed by atoms with Gasteiger partial charge < -0.3 is 9.52 Å². The molecule has 0 aromatic carbocycles. The number of furan rings is 1. The van der Waals surface area contributed by atoms with Gasteiger partial charge in [0, 0.05) is 38.5 Å². The number of aromatic nitrogens is 2. The van der Waals surface area contributed by atoms with Crippen molar-refractivity contribution in [1.29, 1.82) is 0 Å². The van der Waals surface area contributed by atoms with Crippen molar-refractivity contribution in [2.45, 2.75) is 31.3 Å². The van der Waals surface area contributed by atoms with E-state index in [-0.39, 0.29) is 18.0 Å². The minimum absolute atomic E-state index is 0.0433. The van der Waals surface area contributed by atoms with Gasteiger partial charge in [-0.1, -0.05) is 0 Å². The van der Waals surface area contributed by atoms with Crippen LogP contribution >= 0.6 is 0 Å². The van der Waals surface area contributed by atoms with E-state index in [1.807, 2.05) is 0 Å². The fourth-order valence-corrected chi connectivity index (χ4v) is 3.02. The topological polar surface area (TPSA) is 88.6 Å². The van der Waals surface area contributed by atoms with Gasteiger partial charge in [0.15, 0.2) is 0 Å². The summed E-state index contributed by atoms with van der Waals surface area (Å²) in [5.41, 5.74) is 0.828. The molecule has 0 unspecified atom stereocenters. The Morgan fingerprint density at radius 2 is 2.24 bits per heavy atom. The fraction of sp³-hybridized carbons (Fsp3) is 0.462. The van der Waals surface area contributed by atoms with E-state index in [0.717, 1.165) is 5.56 Å². The molecular formula is C13H19N3O4S. The van der Waals surface area contributed by atoms with Gasteiger partial charge in [-0.05, 0) is 19.4 Å². The molecule has 7 nitrogen and oxygen atoms in total. The lowest BCUT2D eigenvalue weighted by Gasteiger charge is -2.15. The number of aryl methyl sites for hydroxylation is 2. The first-order valence-corrected chi connectivity index (χ1v) is 8.02. The number of hydrogen-bond donors (Lipinski definition) is 1. The Labute approximate surface area is 123 Å². The van der Waals surface area contributed by atoms with Crippen LogP contribution in [-0.4, -0.2) is 41.3 Å². The number of nitrogens with zero attached hydrogens (tertiary/aromatic N) is 3. The van der Waals surface area contributed by atoms with Gasteiger partial charge in [-0.25, -0.2) is 8.42 Å². The lowest BCUT2D eigenvalue weighted by atomic mass is 10.3. The molecule has 0 aliphatic heterocycles. The van der Waals surface area contributed by atoms with E-state index in [4.69, 9.17) is 9.52 Å². The maximum Gasteiger partial charge on any atom is 0.246 e. The number of hydrogen-bond acceptors (Lipinski definition) is 5. The van der Waals surface area contributed by atoms with Crippen molar-refractivity contribution in [3.05, 3.63) is 36.0 Å². The van der Waals surface area contributed by atoms with Crippen molar-refractivity contribution in [1.82, 2.24) is 14.1 Å². The minimum Gasteiger partial charge on any atom is -0.469 e. The van der Waals surface area contributed by atoms with Crippen molar-refractivity contribution >= 4 is 10.0 Å². The van der Waals surface area contributed by atoms with Crippen molar-refractivity contribution in [2.75, 3.05) is 13.7 Å². The summed E-state index contributed by atoms with van der Waals surface area (Å²) in [6.45, 7) is 2.56. The maximum atomic E-state index is 12.4. The van der Waals surface area contributed by atoms with E-state index in [9.17, 15) is 8.42 Å². The predicted molar refractivity (Wildman–Crippen MR) is 76.0 cm³/mol. The van der Waals surface area contributed by atoms with Gasteiger partial charge >= 0.3 is 0 Å². The minimum atomic E-state index is -3.59. The first-order chi connectivity index (χ1) is 9.95.